The highest BCUT2D eigenvalue weighted by atomic mass is 127. The van der Waals surface area contributed by atoms with E-state index in [0.717, 1.165) is 13.0 Å². The molecule has 0 saturated carbocycles. The first-order valence-corrected chi connectivity index (χ1v) is 4.66. The zero-order valence-electron chi connectivity index (χ0n) is 6.05. The van der Waals surface area contributed by atoms with Crippen LogP contribution in [-0.2, 0) is 6.42 Å². The maximum absolute atomic E-state index is 5.78. The number of benzene rings is 1. The van der Waals surface area contributed by atoms with Gasteiger partial charge in [0.15, 0.2) is 0 Å². The fraction of sp³-hybridized carbons (Fsp3) is 0.250. The molecule has 0 radical (unpaired) electrons. The Kier molecular flexibility index (Phi) is 1.77. The van der Waals surface area contributed by atoms with Crippen molar-refractivity contribution in [2.45, 2.75) is 6.42 Å². The Labute approximate surface area is 79.5 Å². The summed E-state index contributed by atoms with van der Waals surface area (Å²) in [6.45, 7) is 0.954. The zero-order valence-corrected chi connectivity index (χ0v) is 8.21. The van der Waals surface area contributed by atoms with Crippen molar-refractivity contribution in [1.82, 2.24) is 0 Å². The van der Waals surface area contributed by atoms with Gasteiger partial charge in [-0.2, -0.15) is 0 Å². The molecule has 2 nitrogen and oxygen atoms in total. The SMILES string of the molecule is NN1CCc2cccc(I)c21. The van der Waals surface area contributed by atoms with Crippen molar-refractivity contribution < 1.29 is 0 Å². The van der Waals surface area contributed by atoms with E-state index in [-0.39, 0.29) is 0 Å². The largest absolute Gasteiger partial charge is 0.309 e. The van der Waals surface area contributed by atoms with Gasteiger partial charge in [-0.25, -0.2) is 5.84 Å². The van der Waals surface area contributed by atoms with Crippen LogP contribution in [0.4, 0.5) is 5.69 Å². The number of hydrazine groups is 1. The van der Waals surface area contributed by atoms with Crippen LogP contribution in [0.1, 0.15) is 5.56 Å². The first-order valence-electron chi connectivity index (χ1n) is 3.58. The summed E-state index contributed by atoms with van der Waals surface area (Å²) < 4.78 is 1.25. The standard InChI is InChI=1S/C8H9IN2/c9-7-3-1-2-6-4-5-11(10)8(6)7/h1-3H,4-5,10H2. The molecule has 0 saturated heterocycles. The van der Waals surface area contributed by atoms with E-state index in [2.05, 4.69) is 40.8 Å². The van der Waals surface area contributed by atoms with Gasteiger partial charge in [0.25, 0.3) is 0 Å². The Bertz CT molecular complexity index is 285. The fourth-order valence-electron chi connectivity index (χ4n) is 1.44. The number of fused-ring (bicyclic) bond motifs is 1. The quantitative estimate of drug-likeness (QED) is 0.566. The zero-order chi connectivity index (χ0) is 7.84. The maximum Gasteiger partial charge on any atom is 0.0683 e. The van der Waals surface area contributed by atoms with Crippen molar-refractivity contribution in [1.29, 1.82) is 0 Å². The molecule has 0 unspecified atom stereocenters. The fourth-order valence-corrected chi connectivity index (χ4v) is 2.30. The van der Waals surface area contributed by atoms with Crippen LogP contribution in [0.25, 0.3) is 0 Å². The minimum atomic E-state index is 0.954. The number of nitrogens with two attached hydrogens (primary N) is 1. The molecule has 11 heavy (non-hydrogen) atoms. The van der Waals surface area contributed by atoms with E-state index in [1.54, 1.807) is 0 Å². The van der Waals surface area contributed by atoms with Crippen molar-refractivity contribution >= 4 is 28.3 Å². The molecule has 0 amide bonds. The van der Waals surface area contributed by atoms with Crippen LogP contribution in [0.5, 0.6) is 0 Å². The molecule has 1 aromatic rings. The molecule has 1 aromatic carbocycles. The van der Waals surface area contributed by atoms with Crippen molar-refractivity contribution in [2.75, 3.05) is 11.6 Å². The Morgan fingerprint density at radius 3 is 3.00 bits per heavy atom. The lowest BCUT2D eigenvalue weighted by molar-refractivity contribution is 0.890. The number of hydrogen-bond donors (Lipinski definition) is 1. The van der Waals surface area contributed by atoms with Gasteiger partial charge >= 0.3 is 0 Å². The summed E-state index contributed by atoms with van der Waals surface area (Å²) in [5.74, 6) is 5.78. The van der Waals surface area contributed by atoms with Gasteiger partial charge in [0, 0.05) is 10.1 Å². The van der Waals surface area contributed by atoms with E-state index in [4.69, 9.17) is 5.84 Å². The second-order valence-electron chi connectivity index (χ2n) is 2.69. The van der Waals surface area contributed by atoms with Gasteiger partial charge in [0.1, 0.15) is 0 Å². The van der Waals surface area contributed by atoms with Crippen LogP contribution in [0.15, 0.2) is 18.2 Å². The minimum absolute atomic E-state index is 0.954. The van der Waals surface area contributed by atoms with Gasteiger partial charge in [0.2, 0.25) is 0 Å². The number of para-hydroxylation sites is 1. The highest BCUT2D eigenvalue weighted by Crippen LogP contribution is 2.30. The lowest BCUT2D eigenvalue weighted by Crippen LogP contribution is -2.28. The summed E-state index contributed by atoms with van der Waals surface area (Å²) in [5, 5.41) is 1.83. The first-order chi connectivity index (χ1) is 5.29. The third kappa shape index (κ3) is 1.12. The minimum Gasteiger partial charge on any atom is -0.309 e. The second kappa shape index (κ2) is 2.64. The van der Waals surface area contributed by atoms with E-state index in [9.17, 15) is 0 Å². The predicted molar refractivity (Wildman–Crippen MR) is 54.4 cm³/mol. The lowest BCUT2D eigenvalue weighted by Gasteiger charge is -2.12. The highest BCUT2D eigenvalue weighted by Gasteiger charge is 2.17. The molecule has 0 atom stereocenters. The molecule has 0 fully saturated rings. The molecule has 0 bridgehead atoms. The van der Waals surface area contributed by atoms with Crippen molar-refractivity contribution in [3.8, 4) is 0 Å². The molecule has 2 rings (SSSR count). The average Bonchev–Trinajstić information content (AvgIpc) is 2.34. The van der Waals surface area contributed by atoms with E-state index in [1.807, 2.05) is 5.01 Å². The Balaban J connectivity index is 2.58. The number of halogens is 1. The monoisotopic (exact) mass is 260 g/mol. The molecular weight excluding hydrogens is 251 g/mol. The van der Waals surface area contributed by atoms with Crippen LogP contribution < -0.4 is 10.9 Å². The second-order valence-corrected chi connectivity index (χ2v) is 3.85. The van der Waals surface area contributed by atoms with E-state index < -0.39 is 0 Å². The normalized spacial score (nSPS) is 15.3. The number of nitrogens with zero attached hydrogens (tertiary/aromatic N) is 1. The van der Waals surface area contributed by atoms with Crippen molar-refractivity contribution in [3.05, 3.63) is 27.3 Å². The molecule has 1 aliphatic heterocycles. The topological polar surface area (TPSA) is 29.3 Å². The summed E-state index contributed by atoms with van der Waals surface area (Å²) in [4.78, 5) is 0. The van der Waals surface area contributed by atoms with Gasteiger partial charge < -0.3 is 5.01 Å². The number of rotatable bonds is 0. The molecule has 1 heterocycles. The summed E-state index contributed by atoms with van der Waals surface area (Å²) in [6.07, 6.45) is 1.09. The molecule has 0 spiro atoms. The smallest absolute Gasteiger partial charge is 0.0683 e. The van der Waals surface area contributed by atoms with Crippen LogP contribution >= 0.6 is 22.6 Å². The number of anilines is 1. The van der Waals surface area contributed by atoms with Crippen molar-refractivity contribution in [2.24, 2.45) is 5.84 Å². The Morgan fingerprint density at radius 1 is 1.45 bits per heavy atom. The molecular formula is C8H9IN2. The molecule has 0 aliphatic carbocycles. The van der Waals surface area contributed by atoms with Crippen LogP contribution in [-0.4, -0.2) is 6.54 Å². The summed E-state index contributed by atoms with van der Waals surface area (Å²) in [5.41, 5.74) is 2.59. The van der Waals surface area contributed by atoms with Crippen molar-refractivity contribution in [3.63, 3.8) is 0 Å². The van der Waals surface area contributed by atoms with Crippen LogP contribution in [0.3, 0.4) is 0 Å². The van der Waals surface area contributed by atoms with Crippen LogP contribution in [0.2, 0.25) is 0 Å². The third-order valence-corrected chi connectivity index (χ3v) is 2.85. The summed E-state index contributed by atoms with van der Waals surface area (Å²) in [6, 6.07) is 6.31. The van der Waals surface area contributed by atoms with Crippen LogP contribution in [0, 0.1) is 3.57 Å². The summed E-state index contributed by atoms with van der Waals surface area (Å²) >= 11 is 2.32. The van der Waals surface area contributed by atoms with Gasteiger partial charge in [-0.15, -0.1) is 0 Å². The molecule has 58 valence electrons. The average molecular weight is 260 g/mol. The lowest BCUT2D eigenvalue weighted by atomic mass is 10.2. The van der Waals surface area contributed by atoms with Gasteiger partial charge in [-0.1, -0.05) is 12.1 Å². The molecule has 2 N–H and O–H groups in total. The highest BCUT2D eigenvalue weighted by molar-refractivity contribution is 14.1. The Hall–Kier alpha value is -0.290. The van der Waals surface area contributed by atoms with E-state index in [0.29, 0.717) is 0 Å². The van der Waals surface area contributed by atoms with Gasteiger partial charge in [-0.3, -0.25) is 0 Å². The molecule has 3 heteroatoms. The summed E-state index contributed by atoms with van der Waals surface area (Å²) in [7, 11) is 0. The number of hydrogen-bond acceptors (Lipinski definition) is 2. The van der Waals surface area contributed by atoms with Gasteiger partial charge in [-0.05, 0) is 40.6 Å². The predicted octanol–water partition coefficient (Wildman–Crippen LogP) is 1.53. The van der Waals surface area contributed by atoms with E-state index >= 15 is 0 Å². The van der Waals surface area contributed by atoms with E-state index in [1.165, 1.54) is 14.8 Å². The Morgan fingerprint density at radius 2 is 2.27 bits per heavy atom. The maximum atomic E-state index is 5.78. The first kappa shape index (κ1) is 7.36. The molecule has 1 aliphatic rings. The third-order valence-electron chi connectivity index (χ3n) is 1.98. The van der Waals surface area contributed by atoms with Gasteiger partial charge in [0.05, 0.1) is 5.69 Å². The molecule has 0 aromatic heterocycles.